The largest absolute Gasteiger partial charge is 0.298 e. The minimum atomic E-state index is -0.231. The molecule has 0 aliphatic heterocycles. The van der Waals surface area contributed by atoms with Crippen LogP contribution in [-0.2, 0) is 0 Å². The van der Waals surface area contributed by atoms with Crippen LogP contribution in [-0.4, -0.2) is 12.1 Å². The number of ketones is 1. The third-order valence-electron chi connectivity index (χ3n) is 1.74. The standard InChI is InChI=1S/C10H6BrNO2/c1-6(14)8-2-7(5-13)3-10(11)9(8)4-12/h2-3,5H,1H3. The number of hydrogen-bond acceptors (Lipinski definition) is 3. The third-order valence-corrected chi connectivity index (χ3v) is 2.37. The molecule has 14 heavy (non-hydrogen) atoms. The van der Waals surface area contributed by atoms with Crippen LogP contribution in [0.5, 0.6) is 0 Å². The Bertz CT molecular complexity index is 446. The van der Waals surface area contributed by atoms with Crippen molar-refractivity contribution in [3.63, 3.8) is 0 Å². The number of nitriles is 1. The van der Waals surface area contributed by atoms with Crippen LogP contribution in [0.3, 0.4) is 0 Å². The average molecular weight is 252 g/mol. The van der Waals surface area contributed by atoms with Crippen LogP contribution in [0.15, 0.2) is 16.6 Å². The van der Waals surface area contributed by atoms with Gasteiger partial charge in [0.05, 0.1) is 5.56 Å². The molecule has 70 valence electrons. The number of hydrogen-bond donors (Lipinski definition) is 0. The molecule has 4 heteroatoms. The lowest BCUT2D eigenvalue weighted by Crippen LogP contribution is -1.99. The maximum atomic E-state index is 11.2. The van der Waals surface area contributed by atoms with Crippen LogP contribution < -0.4 is 0 Å². The van der Waals surface area contributed by atoms with Gasteiger partial charge in [0.2, 0.25) is 0 Å². The first-order valence-electron chi connectivity index (χ1n) is 3.80. The van der Waals surface area contributed by atoms with E-state index in [2.05, 4.69) is 15.9 Å². The predicted molar refractivity (Wildman–Crippen MR) is 54.2 cm³/mol. The Morgan fingerprint density at radius 2 is 2.21 bits per heavy atom. The van der Waals surface area contributed by atoms with Gasteiger partial charge in [-0.1, -0.05) is 0 Å². The zero-order chi connectivity index (χ0) is 10.7. The van der Waals surface area contributed by atoms with Gasteiger partial charge in [0.1, 0.15) is 12.4 Å². The molecule has 1 rings (SSSR count). The molecular weight excluding hydrogens is 246 g/mol. The van der Waals surface area contributed by atoms with Crippen molar-refractivity contribution in [1.82, 2.24) is 0 Å². The molecule has 0 bridgehead atoms. The molecule has 0 N–H and O–H groups in total. The second-order valence-corrected chi connectivity index (χ2v) is 3.57. The summed E-state index contributed by atoms with van der Waals surface area (Å²) in [5.74, 6) is -0.231. The van der Waals surface area contributed by atoms with Gasteiger partial charge in [-0.3, -0.25) is 9.59 Å². The Labute approximate surface area is 89.5 Å². The van der Waals surface area contributed by atoms with Gasteiger partial charge in [-0.05, 0) is 35.0 Å². The molecule has 0 saturated heterocycles. The summed E-state index contributed by atoms with van der Waals surface area (Å²) < 4.78 is 0.467. The summed E-state index contributed by atoms with van der Waals surface area (Å²) in [6.07, 6.45) is 0.637. The van der Waals surface area contributed by atoms with Crippen molar-refractivity contribution in [2.45, 2.75) is 6.92 Å². The van der Waals surface area contributed by atoms with Crippen molar-refractivity contribution in [3.05, 3.63) is 33.3 Å². The van der Waals surface area contributed by atoms with E-state index in [0.29, 0.717) is 16.3 Å². The third kappa shape index (κ3) is 1.88. The molecule has 3 nitrogen and oxygen atoms in total. The highest BCUT2D eigenvalue weighted by molar-refractivity contribution is 9.10. The van der Waals surface area contributed by atoms with Crippen molar-refractivity contribution < 1.29 is 9.59 Å². The lowest BCUT2D eigenvalue weighted by molar-refractivity contribution is 0.101. The number of carbonyl (C=O) groups excluding carboxylic acids is 2. The van der Waals surface area contributed by atoms with Crippen LogP contribution in [0.4, 0.5) is 0 Å². The molecule has 0 amide bonds. The van der Waals surface area contributed by atoms with E-state index in [1.165, 1.54) is 19.1 Å². The summed E-state index contributed by atoms with van der Waals surface area (Å²) in [5, 5.41) is 8.79. The monoisotopic (exact) mass is 251 g/mol. The number of rotatable bonds is 2. The molecule has 0 saturated carbocycles. The topological polar surface area (TPSA) is 57.9 Å². The summed E-state index contributed by atoms with van der Waals surface area (Å²) in [5.41, 5.74) is 0.910. The van der Waals surface area contributed by atoms with Crippen LogP contribution in [0.25, 0.3) is 0 Å². The Morgan fingerprint density at radius 3 is 2.64 bits per heavy atom. The molecule has 0 aliphatic rings. The van der Waals surface area contributed by atoms with Gasteiger partial charge >= 0.3 is 0 Å². The first-order chi connectivity index (χ1) is 6.60. The van der Waals surface area contributed by atoms with Gasteiger partial charge in [-0.15, -0.1) is 0 Å². The van der Waals surface area contributed by atoms with Gasteiger partial charge in [-0.2, -0.15) is 5.26 Å². The van der Waals surface area contributed by atoms with Gasteiger partial charge in [0.15, 0.2) is 5.78 Å². The molecule has 0 aromatic heterocycles. The maximum Gasteiger partial charge on any atom is 0.161 e. The molecule has 1 aromatic carbocycles. The SMILES string of the molecule is CC(=O)c1cc(C=O)cc(Br)c1C#N. The summed E-state index contributed by atoms with van der Waals surface area (Å²) in [4.78, 5) is 21.7. The highest BCUT2D eigenvalue weighted by Crippen LogP contribution is 2.22. The minimum Gasteiger partial charge on any atom is -0.298 e. The Balaban J connectivity index is 3.53. The zero-order valence-corrected chi connectivity index (χ0v) is 8.96. The number of aldehydes is 1. The Hall–Kier alpha value is -1.47. The van der Waals surface area contributed by atoms with E-state index >= 15 is 0 Å². The second kappa shape index (κ2) is 4.16. The average Bonchev–Trinajstić information content (AvgIpc) is 2.16. The van der Waals surface area contributed by atoms with Gasteiger partial charge < -0.3 is 0 Å². The molecule has 1 aromatic rings. The molecule has 0 fully saturated rings. The lowest BCUT2D eigenvalue weighted by atomic mass is 10.0. The van der Waals surface area contributed by atoms with E-state index in [4.69, 9.17) is 5.26 Å². The molecule has 0 atom stereocenters. The van der Waals surface area contributed by atoms with Crippen LogP contribution in [0.1, 0.15) is 33.2 Å². The summed E-state index contributed by atoms with van der Waals surface area (Å²) in [6.45, 7) is 1.36. The van der Waals surface area contributed by atoms with Crippen LogP contribution >= 0.6 is 15.9 Å². The maximum absolute atomic E-state index is 11.2. The van der Waals surface area contributed by atoms with Crippen molar-refractivity contribution >= 4 is 28.0 Å². The molecule has 0 heterocycles. The van der Waals surface area contributed by atoms with Gasteiger partial charge in [0, 0.05) is 15.6 Å². The lowest BCUT2D eigenvalue weighted by Gasteiger charge is -2.02. The van der Waals surface area contributed by atoms with Gasteiger partial charge in [-0.25, -0.2) is 0 Å². The number of Topliss-reactive ketones (excluding diaryl/α,β-unsaturated/α-hetero) is 1. The van der Waals surface area contributed by atoms with E-state index in [1.807, 2.05) is 6.07 Å². The highest BCUT2D eigenvalue weighted by Gasteiger charge is 2.11. The molecule has 0 radical (unpaired) electrons. The van der Waals surface area contributed by atoms with Crippen molar-refractivity contribution in [2.75, 3.05) is 0 Å². The van der Waals surface area contributed by atoms with Crippen molar-refractivity contribution in [2.24, 2.45) is 0 Å². The first kappa shape index (κ1) is 10.6. The van der Waals surface area contributed by atoms with Crippen LogP contribution in [0, 0.1) is 11.3 Å². The molecule has 0 aliphatic carbocycles. The van der Waals surface area contributed by atoms with Crippen LogP contribution in [0.2, 0.25) is 0 Å². The smallest absolute Gasteiger partial charge is 0.161 e. The fourth-order valence-electron chi connectivity index (χ4n) is 1.09. The van der Waals surface area contributed by atoms with Crippen molar-refractivity contribution in [3.8, 4) is 6.07 Å². The fourth-order valence-corrected chi connectivity index (χ4v) is 1.65. The Morgan fingerprint density at radius 1 is 1.57 bits per heavy atom. The fraction of sp³-hybridized carbons (Fsp3) is 0.100. The molecule has 0 spiro atoms. The number of benzene rings is 1. The quantitative estimate of drug-likeness (QED) is 0.599. The highest BCUT2D eigenvalue weighted by atomic mass is 79.9. The Kier molecular flexibility index (Phi) is 3.15. The van der Waals surface area contributed by atoms with Gasteiger partial charge in [0.25, 0.3) is 0 Å². The minimum absolute atomic E-state index is 0.231. The first-order valence-corrected chi connectivity index (χ1v) is 4.59. The number of halogens is 1. The van der Waals surface area contributed by atoms with E-state index in [-0.39, 0.29) is 16.9 Å². The van der Waals surface area contributed by atoms with E-state index in [9.17, 15) is 9.59 Å². The van der Waals surface area contributed by atoms with E-state index in [1.54, 1.807) is 0 Å². The van der Waals surface area contributed by atoms with E-state index in [0.717, 1.165) is 0 Å². The summed E-state index contributed by atoms with van der Waals surface area (Å²) >= 11 is 3.13. The summed E-state index contributed by atoms with van der Waals surface area (Å²) in [6, 6.07) is 4.84. The molecule has 0 unspecified atom stereocenters. The second-order valence-electron chi connectivity index (χ2n) is 2.71. The predicted octanol–water partition coefficient (Wildman–Crippen LogP) is 2.34. The number of carbonyl (C=O) groups is 2. The zero-order valence-electron chi connectivity index (χ0n) is 7.37. The summed E-state index contributed by atoms with van der Waals surface area (Å²) in [7, 11) is 0. The van der Waals surface area contributed by atoms with E-state index < -0.39 is 0 Å². The number of nitrogens with zero attached hydrogens (tertiary/aromatic N) is 1. The molecular formula is C10H6BrNO2. The van der Waals surface area contributed by atoms with Crippen molar-refractivity contribution in [1.29, 1.82) is 5.26 Å². The normalized spacial score (nSPS) is 9.21.